The molecular weight excluding hydrogens is 611 g/mol. The van der Waals surface area contributed by atoms with E-state index < -0.39 is 17.5 Å². The number of aromatic nitrogens is 3. The van der Waals surface area contributed by atoms with Gasteiger partial charge >= 0.3 is 6.18 Å². The van der Waals surface area contributed by atoms with Gasteiger partial charge in [-0.3, -0.25) is 9.52 Å². The van der Waals surface area contributed by atoms with Gasteiger partial charge in [0.1, 0.15) is 5.15 Å². The molecule has 7 nitrogen and oxygen atoms in total. The van der Waals surface area contributed by atoms with E-state index in [-0.39, 0.29) is 55.4 Å². The standard InChI is InChI=1S/C31H39ClF3N5O2S.CH4/c1-5-23(18-21(2)8-6-7-9-22-19-29(3,4)36-20-22)43-39-28(41)24-10-11-25(37-27(24)32)40-16-12-26(38-40)42-17-15-30(13-14-30)31(33,34)35;/h5,10-12,16,18,22,36H,1-2,6-9,13-15,17,19-20H2,3-4H3,(H,39,41);1H4/b23-18+;. The van der Waals surface area contributed by atoms with Crippen molar-refractivity contribution >= 4 is 29.5 Å². The fourth-order valence-corrected chi connectivity index (χ4v) is 6.11. The van der Waals surface area contributed by atoms with Crippen LogP contribution in [0.2, 0.25) is 5.15 Å². The molecule has 0 radical (unpaired) electrons. The third-order valence-electron chi connectivity index (χ3n) is 8.00. The van der Waals surface area contributed by atoms with Crippen LogP contribution in [0.25, 0.3) is 5.82 Å². The maximum atomic E-state index is 13.1. The number of hydrogen-bond donors (Lipinski definition) is 2. The van der Waals surface area contributed by atoms with E-state index in [4.69, 9.17) is 16.3 Å². The molecule has 1 saturated carbocycles. The molecule has 1 aliphatic carbocycles. The number of nitrogens with one attached hydrogen (secondary N) is 2. The van der Waals surface area contributed by atoms with Gasteiger partial charge in [-0.25, -0.2) is 9.67 Å². The van der Waals surface area contributed by atoms with Crippen LogP contribution in [0.1, 0.15) is 83.0 Å². The highest BCUT2D eigenvalue weighted by molar-refractivity contribution is 8.01. The van der Waals surface area contributed by atoms with Crippen molar-refractivity contribution in [2.75, 3.05) is 13.2 Å². The summed E-state index contributed by atoms with van der Waals surface area (Å²) in [6.45, 7) is 13.5. The lowest BCUT2D eigenvalue weighted by Gasteiger charge is -2.18. The van der Waals surface area contributed by atoms with Gasteiger partial charge < -0.3 is 10.1 Å². The zero-order chi connectivity index (χ0) is 31.3. The van der Waals surface area contributed by atoms with Gasteiger partial charge in [-0.05, 0) is 101 Å². The van der Waals surface area contributed by atoms with Crippen LogP contribution >= 0.6 is 23.5 Å². The van der Waals surface area contributed by atoms with Crippen molar-refractivity contribution in [3.05, 3.63) is 70.9 Å². The number of hydrogen-bond acceptors (Lipinski definition) is 6. The quantitative estimate of drug-likeness (QED) is 0.0867. The van der Waals surface area contributed by atoms with E-state index in [2.05, 4.69) is 47.1 Å². The number of carbonyl (C=O) groups is 1. The van der Waals surface area contributed by atoms with Gasteiger partial charge in [0.2, 0.25) is 5.88 Å². The Kier molecular flexibility index (Phi) is 12.2. The molecule has 242 valence electrons. The number of unbranched alkanes of at least 4 members (excludes halogenated alkanes) is 1. The second-order valence-electron chi connectivity index (χ2n) is 12.0. The molecule has 2 fully saturated rings. The summed E-state index contributed by atoms with van der Waals surface area (Å²) in [4.78, 5) is 17.8. The molecule has 2 aromatic heterocycles. The molecule has 1 saturated heterocycles. The van der Waals surface area contributed by atoms with Gasteiger partial charge in [0.05, 0.1) is 17.6 Å². The van der Waals surface area contributed by atoms with Crippen LogP contribution in [0.4, 0.5) is 13.2 Å². The largest absolute Gasteiger partial charge is 0.477 e. The Bertz CT molecular complexity index is 1350. The second-order valence-corrected chi connectivity index (χ2v) is 13.2. The number of rotatable bonds is 15. The Hall–Kier alpha value is -2.76. The SMILES string of the molecule is C.C=C/C(=C\C(=C)CCCCC1CNC(C)(C)C1)SNC(=O)c1ccc(-n2ccc(OCCC3(C(F)(F)F)CC3)n2)nc1Cl. The molecule has 1 aliphatic heterocycles. The van der Waals surface area contributed by atoms with Gasteiger partial charge in [0.25, 0.3) is 5.91 Å². The summed E-state index contributed by atoms with van der Waals surface area (Å²) < 4.78 is 48.9. The summed E-state index contributed by atoms with van der Waals surface area (Å²) in [5.74, 6) is 0.807. The van der Waals surface area contributed by atoms with Crippen molar-refractivity contribution in [1.29, 1.82) is 0 Å². The molecule has 3 heterocycles. The first-order chi connectivity index (χ1) is 20.3. The molecule has 0 bridgehead atoms. The number of carbonyl (C=O) groups excluding carboxylic acids is 1. The van der Waals surface area contributed by atoms with Crippen LogP contribution in [0, 0.1) is 11.3 Å². The van der Waals surface area contributed by atoms with Crippen molar-refractivity contribution < 1.29 is 22.7 Å². The van der Waals surface area contributed by atoms with Crippen molar-refractivity contribution in [3.63, 3.8) is 0 Å². The number of halogens is 4. The maximum Gasteiger partial charge on any atom is 0.394 e. The third-order valence-corrected chi connectivity index (χ3v) is 9.10. The van der Waals surface area contributed by atoms with Crippen LogP contribution in [0.5, 0.6) is 5.88 Å². The smallest absolute Gasteiger partial charge is 0.394 e. The molecule has 0 aromatic carbocycles. The molecule has 4 rings (SSSR count). The summed E-state index contributed by atoms with van der Waals surface area (Å²) in [6, 6.07) is 4.63. The van der Waals surface area contributed by atoms with Crippen LogP contribution in [0.3, 0.4) is 0 Å². The molecule has 12 heteroatoms. The number of ether oxygens (including phenoxy) is 1. The Balaban J connectivity index is 0.00000529. The van der Waals surface area contributed by atoms with Crippen molar-refractivity contribution in [2.45, 2.75) is 84.4 Å². The minimum absolute atomic E-state index is 0. The van der Waals surface area contributed by atoms with E-state index in [1.54, 1.807) is 18.3 Å². The van der Waals surface area contributed by atoms with Crippen LogP contribution in [-0.2, 0) is 0 Å². The number of amides is 1. The van der Waals surface area contributed by atoms with Gasteiger partial charge in [0.15, 0.2) is 5.82 Å². The molecular formula is C32H43ClF3N5O2S. The number of allylic oxidation sites excluding steroid dienone is 3. The minimum atomic E-state index is -4.22. The molecule has 44 heavy (non-hydrogen) atoms. The summed E-state index contributed by atoms with van der Waals surface area (Å²) in [5.41, 5.74) is -0.235. The van der Waals surface area contributed by atoms with Crippen molar-refractivity contribution in [1.82, 2.24) is 24.8 Å². The Morgan fingerprint density at radius 2 is 2.05 bits per heavy atom. The summed E-state index contributed by atoms with van der Waals surface area (Å²) in [7, 11) is 0. The fraction of sp³-hybridized carbons (Fsp3) is 0.531. The number of nitrogens with zero attached hydrogens (tertiary/aromatic N) is 3. The van der Waals surface area contributed by atoms with E-state index in [1.165, 1.54) is 29.7 Å². The first-order valence-corrected chi connectivity index (χ1v) is 15.7. The van der Waals surface area contributed by atoms with E-state index in [0.717, 1.165) is 54.2 Å². The minimum Gasteiger partial charge on any atom is -0.477 e. The van der Waals surface area contributed by atoms with E-state index in [0.29, 0.717) is 5.82 Å². The van der Waals surface area contributed by atoms with Gasteiger partial charge in [-0.1, -0.05) is 50.3 Å². The summed E-state index contributed by atoms with van der Waals surface area (Å²) in [5, 5.41) is 7.75. The molecule has 2 aliphatic rings. The highest BCUT2D eigenvalue weighted by Gasteiger charge is 2.62. The van der Waals surface area contributed by atoms with Gasteiger partial charge in [-0.2, -0.15) is 13.2 Å². The molecule has 1 unspecified atom stereocenters. The predicted octanol–water partition coefficient (Wildman–Crippen LogP) is 8.62. The monoisotopic (exact) mass is 653 g/mol. The van der Waals surface area contributed by atoms with Gasteiger partial charge in [0, 0.05) is 22.7 Å². The lowest BCUT2D eigenvalue weighted by molar-refractivity contribution is -0.190. The maximum absolute atomic E-state index is 13.1. The lowest BCUT2D eigenvalue weighted by atomic mass is 9.92. The number of pyridine rings is 1. The summed E-state index contributed by atoms with van der Waals surface area (Å²) in [6.07, 6.45) is 6.59. The third kappa shape index (κ3) is 9.62. The molecule has 1 atom stereocenters. The molecule has 1 amide bonds. The van der Waals surface area contributed by atoms with Crippen molar-refractivity contribution in [3.8, 4) is 11.7 Å². The molecule has 2 aromatic rings. The lowest BCUT2D eigenvalue weighted by Crippen LogP contribution is -2.31. The topological polar surface area (TPSA) is 81.1 Å². The first kappa shape index (κ1) is 35.7. The first-order valence-electron chi connectivity index (χ1n) is 14.5. The highest BCUT2D eigenvalue weighted by atomic mass is 35.5. The Morgan fingerprint density at radius 3 is 2.66 bits per heavy atom. The fourth-order valence-electron chi connectivity index (χ4n) is 5.25. The number of alkyl halides is 3. The van der Waals surface area contributed by atoms with Crippen molar-refractivity contribution in [2.24, 2.45) is 11.3 Å². The van der Waals surface area contributed by atoms with E-state index >= 15 is 0 Å². The van der Waals surface area contributed by atoms with Crippen LogP contribution in [0.15, 0.2) is 60.2 Å². The van der Waals surface area contributed by atoms with E-state index in [9.17, 15) is 18.0 Å². The average molecular weight is 654 g/mol. The zero-order valence-electron chi connectivity index (χ0n) is 24.6. The molecule has 0 spiro atoms. The average Bonchev–Trinajstić information content (AvgIpc) is 3.47. The van der Waals surface area contributed by atoms with E-state index in [1.807, 2.05) is 6.08 Å². The predicted molar refractivity (Wildman–Crippen MR) is 172 cm³/mol. The zero-order valence-corrected chi connectivity index (χ0v) is 26.2. The Morgan fingerprint density at radius 1 is 1.30 bits per heavy atom. The molecule has 2 N–H and O–H groups in total. The van der Waals surface area contributed by atoms with Gasteiger partial charge in [-0.15, -0.1) is 5.10 Å². The summed E-state index contributed by atoms with van der Waals surface area (Å²) >= 11 is 7.44. The van der Waals surface area contributed by atoms with Crippen LogP contribution < -0.4 is 14.8 Å². The second kappa shape index (κ2) is 15.0. The Labute approximate surface area is 267 Å². The normalized spacial score (nSPS) is 18.8. The highest BCUT2D eigenvalue weighted by Crippen LogP contribution is 2.59. The van der Waals surface area contributed by atoms with Crippen LogP contribution in [-0.4, -0.2) is 45.5 Å².